The largest absolute Gasteiger partial charge is 0.464 e. The van der Waals surface area contributed by atoms with Gasteiger partial charge in [-0.2, -0.15) is 0 Å². The summed E-state index contributed by atoms with van der Waals surface area (Å²) in [5.74, 6) is 1.66. The Balaban J connectivity index is 2.09. The lowest BCUT2D eigenvalue weighted by atomic mass is 10.2. The molecule has 0 spiro atoms. The topological polar surface area (TPSA) is 71.5 Å². The van der Waals surface area contributed by atoms with Crippen molar-refractivity contribution in [1.29, 1.82) is 0 Å². The lowest BCUT2D eigenvalue weighted by molar-refractivity contribution is 0.203. The summed E-state index contributed by atoms with van der Waals surface area (Å²) in [6.07, 6.45) is 0. The maximum atomic E-state index is 11.7. The molecule has 2 amide bonds. The van der Waals surface area contributed by atoms with Crippen LogP contribution >= 0.6 is 0 Å². The zero-order valence-electron chi connectivity index (χ0n) is 9.56. The second kappa shape index (κ2) is 4.17. The normalized spacial score (nSPS) is 22.3. The van der Waals surface area contributed by atoms with Crippen LogP contribution in [-0.2, 0) is 0 Å². The molecule has 1 saturated heterocycles. The van der Waals surface area contributed by atoms with E-state index >= 15 is 0 Å². The van der Waals surface area contributed by atoms with Crippen LogP contribution in [0.3, 0.4) is 0 Å². The van der Waals surface area contributed by atoms with E-state index in [1.54, 1.807) is 4.90 Å². The molecule has 1 aromatic heterocycles. The van der Waals surface area contributed by atoms with Gasteiger partial charge in [-0.05, 0) is 26.0 Å². The van der Waals surface area contributed by atoms with Crippen LogP contribution in [-0.4, -0.2) is 30.1 Å². The van der Waals surface area contributed by atoms with Crippen LogP contribution in [0.2, 0.25) is 0 Å². The number of urea groups is 1. The van der Waals surface area contributed by atoms with Crippen LogP contribution in [0.15, 0.2) is 16.5 Å². The Hall–Kier alpha value is -1.49. The fraction of sp³-hybridized carbons (Fsp3) is 0.545. The summed E-state index contributed by atoms with van der Waals surface area (Å²) in [5.41, 5.74) is 5.56. The lowest BCUT2D eigenvalue weighted by Gasteiger charge is -2.21. The minimum atomic E-state index is -0.0722. The van der Waals surface area contributed by atoms with Crippen molar-refractivity contribution in [1.82, 2.24) is 10.2 Å². The van der Waals surface area contributed by atoms with Crippen LogP contribution in [0.4, 0.5) is 4.79 Å². The molecule has 0 aromatic carbocycles. The van der Waals surface area contributed by atoms with Crippen molar-refractivity contribution in [2.75, 3.05) is 13.1 Å². The zero-order valence-corrected chi connectivity index (χ0v) is 9.56. The van der Waals surface area contributed by atoms with Crippen LogP contribution < -0.4 is 11.1 Å². The minimum Gasteiger partial charge on any atom is -0.464 e. The number of nitrogens with two attached hydrogens (primary N) is 1. The van der Waals surface area contributed by atoms with E-state index in [-0.39, 0.29) is 18.1 Å². The molecule has 2 atom stereocenters. The molecule has 0 aliphatic carbocycles. The first-order valence-corrected chi connectivity index (χ1v) is 5.45. The van der Waals surface area contributed by atoms with Gasteiger partial charge in [0, 0.05) is 12.6 Å². The van der Waals surface area contributed by atoms with Crippen molar-refractivity contribution >= 4 is 6.03 Å². The molecule has 2 rings (SSSR count). The predicted molar refractivity (Wildman–Crippen MR) is 59.9 cm³/mol. The highest BCUT2D eigenvalue weighted by atomic mass is 16.3. The zero-order chi connectivity index (χ0) is 11.7. The van der Waals surface area contributed by atoms with E-state index in [0.29, 0.717) is 13.1 Å². The van der Waals surface area contributed by atoms with Crippen molar-refractivity contribution in [2.24, 2.45) is 5.73 Å². The van der Waals surface area contributed by atoms with Gasteiger partial charge in [0.15, 0.2) is 0 Å². The average molecular weight is 223 g/mol. The smallest absolute Gasteiger partial charge is 0.318 e. The van der Waals surface area contributed by atoms with Gasteiger partial charge in [-0.15, -0.1) is 0 Å². The Labute approximate surface area is 94.6 Å². The lowest BCUT2D eigenvalue weighted by Crippen LogP contribution is -2.40. The predicted octanol–water partition coefficient (Wildman–Crippen LogP) is 1.00. The highest BCUT2D eigenvalue weighted by Gasteiger charge is 2.33. The van der Waals surface area contributed by atoms with Gasteiger partial charge in [0.25, 0.3) is 0 Å². The monoisotopic (exact) mass is 223 g/mol. The molecule has 1 fully saturated rings. The Morgan fingerprint density at radius 1 is 1.69 bits per heavy atom. The molecule has 2 heterocycles. The Morgan fingerprint density at radius 3 is 3.00 bits per heavy atom. The Kier molecular flexibility index (Phi) is 2.87. The molecule has 0 bridgehead atoms. The van der Waals surface area contributed by atoms with Crippen molar-refractivity contribution in [3.63, 3.8) is 0 Å². The molecule has 88 valence electrons. The summed E-state index contributed by atoms with van der Waals surface area (Å²) in [5, 5.41) is 2.89. The number of hydrogen-bond donors (Lipinski definition) is 2. The molecule has 2 unspecified atom stereocenters. The van der Waals surface area contributed by atoms with E-state index in [2.05, 4.69) is 5.32 Å². The molecule has 0 radical (unpaired) electrons. The van der Waals surface area contributed by atoms with E-state index < -0.39 is 0 Å². The summed E-state index contributed by atoms with van der Waals surface area (Å²) in [6, 6.07) is 3.72. The SMILES string of the molecule is Cc1ccc(C2CN(C(C)CN)C(=O)N2)o1. The summed E-state index contributed by atoms with van der Waals surface area (Å²) in [4.78, 5) is 13.4. The number of amides is 2. The molecule has 5 heteroatoms. The van der Waals surface area contributed by atoms with Crippen LogP contribution in [0.1, 0.15) is 24.5 Å². The highest BCUT2D eigenvalue weighted by molar-refractivity contribution is 5.77. The van der Waals surface area contributed by atoms with Crippen LogP contribution in [0.5, 0.6) is 0 Å². The van der Waals surface area contributed by atoms with E-state index in [1.807, 2.05) is 26.0 Å². The number of rotatable bonds is 3. The average Bonchev–Trinajstić information content (AvgIpc) is 2.83. The number of carbonyl (C=O) groups excluding carboxylic acids is 1. The number of nitrogens with one attached hydrogen (secondary N) is 1. The maximum Gasteiger partial charge on any atom is 0.318 e. The number of carbonyl (C=O) groups is 1. The summed E-state index contributed by atoms with van der Waals surface area (Å²) in [6.45, 7) is 4.91. The van der Waals surface area contributed by atoms with Gasteiger partial charge in [-0.1, -0.05) is 0 Å². The third kappa shape index (κ3) is 1.90. The number of nitrogens with zero attached hydrogens (tertiary/aromatic N) is 1. The van der Waals surface area contributed by atoms with Gasteiger partial charge in [0.1, 0.15) is 17.6 Å². The van der Waals surface area contributed by atoms with Gasteiger partial charge in [-0.3, -0.25) is 0 Å². The van der Waals surface area contributed by atoms with E-state index in [0.717, 1.165) is 11.5 Å². The first-order chi connectivity index (χ1) is 7.61. The number of furan rings is 1. The summed E-state index contributed by atoms with van der Waals surface area (Å²) in [7, 11) is 0. The van der Waals surface area contributed by atoms with Gasteiger partial charge in [0.05, 0.1) is 6.54 Å². The fourth-order valence-electron chi connectivity index (χ4n) is 1.87. The minimum absolute atomic E-state index is 0.0565. The van der Waals surface area contributed by atoms with Crippen molar-refractivity contribution in [3.05, 3.63) is 23.7 Å². The molecule has 1 aliphatic rings. The van der Waals surface area contributed by atoms with E-state index in [1.165, 1.54) is 0 Å². The quantitative estimate of drug-likeness (QED) is 0.803. The third-order valence-electron chi connectivity index (χ3n) is 2.92. The van der Waals surface area contributed by atoms with Crippen molar-refractivity contribution in [3.8, 4) is 0 Å². The molecule has 1 aromatic rings. The van der Waals surface area contributed by atoms with Gasteiger partial charge >= 0.3 is 6.03 Å². The van der Waals surface area contributed by atoms with Gasteiger partial charge < -0.3 is 20.4 Å². The molecule has 0 saturated carbocycles. The van der Waals surface area contributed by atoms with Gasteiger partial charge in [-0.25, -0.2) is 4.79 Å². The van der Waals surface area contributed by atoms with Crippen molar-refractivity contribution in [2.45, 2.75) is 25.9 Å². The second-order valence-electron chi connectivity index (χ2n) is 4.19. The molecule has 3 N–H and O–H groups in total. The molecule has 16 heavy (non-hydrogen) atoms. The standard InChI is InChI=1S/C11H17N3O2/c1-7(5-12)14-6-9(13-11(14)15)10-4-3-8(2)16-10/h3-4,7,9H,5-6,12H2,1-2H3,(H,13,15). The fourth-order valence-corrected chi connectivity index (χ4v) is 1.87. The summed E-state index contributed by atoms with van der Waals surface area (Å²) >= 11 is 0. The van der Waals surface area contributed by atoms with E-state index in [9.17, 15) is 4.79 Å². The second-order valence-corrected chi connectivity index (χ2v) is 4.19. The molecule has 1 aliphatic heterocycles. The molecular formula is C11H17N3O2. The number of aryl methyl sites for hydroxylation is 1. The van der Waals surface area contributed by atoms with E-state index in [4.69, 9.17) is 10.2 Å². The molecule has 5 nitrogen and oxygen atoms in total. The first kappa shape index (κ1) is 11.0. The number of hydrogen-bond acceptors (Lipinski definition) is 3. The Morgan fingerprint density at radius 2 is 2.44 bits per heavy atom. The van der Waals surface area contributed by atoms with Crippen LogP contribution in [0, 0.1) is 6.92 Å². The highest BCUT2D eigenvalue weighted by Crippen LogP contribution is 2.23. The van der Waals surface area contributed by atoms with Gasteiger partial charge in [0.2, 0.25) is 0 Å². The maximum absolute atomic E-state index is 11.7. The summed E-state index contributed by atoms with van der Waals surface area (Å²) < 4.78 is 5.50. The first-order valence-electron chi connectivity index (χ1n) is 5.45. The Bertz CT molecular complexity index is 388. The molecular weight excluding hydrogens is 206 g/mol. The van der Waals surface area contributed by atoms with Crippen LogP contribution in [0.25, 0.3) is 0 Å². The van der Waals surface area contributed by atoms with Crippen molar-refractivity contribution < 1.29 is 9.21 Å². The third-order valence-corrected chi connectivity index (χ3v) is 2.92.